The van der Waals surface area contributed by atoms with Gasteiger partial charge in [0.1, 0.15) is 0 Å². The molecule has 3 heterocycles. The van der Waals surface area contributed by atoms with E-state index in [2.05, 4.69) is 44.8 Å². The Balaban J connectivity index is 0.00000210. The monoisotopic (exact) mass is 389 g/mol. The molecule has 0 bridgehead atoms. The number of hydrogen-bond donors (Lipinski definition) is 3. The maximum absolute atomic E-state index is 12.6. The number of halogens is 1. The van der Waals surface area contributed by atoms with Gasteiger partial charge in [0.15, 0.2) is 5.69 Å². The molecule has 7 heteroatoms. The highest BCUT2D eigenvalue weighted by Crippen LogP contribution is 2.20. The van der Waals surface area contributed by atoms with Gasteiger partial charge in [-0.1, -0.05) is 19.1 Å². The lowest BCUT2D eigenvalue weighted by Crippen LogP contribution is -2.33. The number of anilines is 1. The highest BCUT2D eigenvalue weighted by atomic mass is 35.5. The summed E-state index contributed by atoms with van der Waals surface area (Å²) in [4.78, 5) is 15.1. The van der Waals surface area contributed by atoms with Gasteiger partial charge >= 0.3 is 0 Å². The second-order valence-electron chi connectivity index (χ2n) is 7.59. The topological polar surface area (TPSA) is 73.0 Å². The first-order chi connectivity index (χ1) is 12.7. The highest BCUT2D eigenvalue weighted by Gasteiger charge is 2.21. The van der Waals surface area contributed by atoms with Crippen molar-refractivity contribution < 1.29 is 4.79 Å². The standard InChI is InChI=1S/C20H27N5O.ClH/c1-14-3-2-10-25(12-14)13-15-4-6-16(7-5-15)22-20(26)19-17-11-21-9-8-18(17)23-24-19;/h4-7,14,21H,2-3,8-13H2,1H3,(H,22,26)(H,23,24);1H. The second kappa shape index (κ2) is 8.87. The molecule has 1 aromatic heterocycles. The Hall–Kier alpha value is -1.89. The van der Waals surface area contributed by atoms with Crippen LogP contribution in [0.25, 0.3) is 0 Å². The SMILES string of the molecule is CC1CCCN(Cc2ccc(NC(=O)c3n[nH]c4c3CNCC4)cc2)C1.Cl. The molecule has 1 amide bonds. The van der Waals surface area contributed by atoms with Crippen LogP contribution in [0.2, 0.25) is 0 Å². The Bertz CT molecular complexity index is 773. The van der Waals surface area contributed by atoms with Crippen molar-refractivity contribution in [3.8, 4) is 0 Å². The van der Waals surface area contributed by atoms with E-state index < -0.39 is 0 Å². The van der Waals surface area contributed by atoms with Crippen LogP contribution in [0.4, 0.5) is 5.69 Å². The smallest absolute Gasteiger partial charge is 0.276 e. The Morgan fingerprint density at radius 1 is 1.33 bits per heavy atom. The third-order valence-electron chi connectivity index (χ3n) is 5.38. The third kappa shape index (κ3) is 4.69. The van der Waals surface area contributed by atoms with E-state index in [4.69, 9.17) is 0 Å². The molecule has 3 N–H and O–H groups in total. The summed E-state index contributed by atoms with van der Waals surface area (Å²) in [7, 11) is 0. The van der Waals surface area contributed by atoms with E-state index in [1.807, 2.05) is 12.1 Å². The van der Waals surface area contributed by atoms with E-state index in [1.165, 1.54) is 31.5 Å². The van der Waals surface area contributed by atoms with Gasteiger partial charge in [-0.25, -0.2) is 0 Å². The van der Waals surface area contributed by atoms with Crippen molar-refractivity contribution >= 4 is 24.0 Å². The molecule has 2 aliphatic rings. The number of likely N-dealkylation sites (tertiary alicyclic amines) is 1. The average molecular weight is 390 g/mol. The van der Waals surface area contributed by atoms with Crippen molar-refractivity contribution in [2.24, 2.45) is 5.92 Å². The fourth-order valence-corrected chi connectivity index (χ4v) is 3.99. The lowest BCUT2D eigenvalue weighted by atomic mass is 10.00. The van der Waals surface area contributed by atoms with Gasteiger partial charge in [-0.3, -0.25) is 14.8 Å². The Morgan fingerprint density at radius 3 is 2.93 bits per heavy atom. The van der Waals surface area contributed by atoms with Crippen molar-refractivity contribution in [1.82, 2.24) is 20.4 Å². The maximum atomic E-state index is 12.6. The molecule has 0 radical (unpaired) electrons. The molecule has 6 nitrogen and oxygen atoms in total. The number of hydrogen-bond acceptors (Lipinski definition) is 4. The van der Waals surface area contributed by atoms with Crippen LogP contribution in [0.3, 0.4) is 0 Å². The zero-order valence-corrected chi connectivity index (χ0v) is 16.6. The van der Waals surface area contributed by atoms with E-state index in [0.717, 1.165) is 42.4 Å². The van der Waals surface area contributed by atoms with Crippen LogP contribution in [0.5, 0.6) is 0 Å². The zero-order valence-electron chi connectivity index (χ0n) is 15.8. The van der Waals surface area contributed by atoms with Crippen molar-refractivity contribution in [2.45, 2.75) is 39.3 Å². The number of benzene rings is 1. The molecular weight excluding hydrogens is 362 g/mol. The molecule has 1 fully saturated rings. The number of aromatic nitrogens is 2. The first-order valence-corrected chi connectivity index (χ1v) is 9.58. The summed E-state index contributed by atoms with van der Waals surface area (Å²) in [6.45, 7) is 7.29. The normalized spacial score (nSPS) is 19.8. The number of aromatic amines is 1. The summed E-state index contributed by atoms with van der Waals surface area (Å²) in [5, 5.41) is 13.5. The average Bonchev–Trinajstić information content (AvgIpc) is 3.08. The molecule has 146 valence electrons. The number of nitrogens with zero attached hydrogens (tertiary/aromatic N) is 2. The van der Waals surface area contributed by atoms with Crippen LogP contribution in [0, 0.1) is 5.92 Å². The van der Waals surface area contributed by atoms with Gasteiger partial charge in [-0.15, -0.1) is 12.4 Å². The molecule has 1 unspecified atom stereocenters. The van der Waals surface area contributed by atoms with E-state index in [0.29, 0.717) is 12.2 Å². The quantitative estimate of drug-likeness (QED) is 0.751. The maximum Gasteiger partial charge on any atom is 0.276 e. The molecular formula is C20H28ClN5O. The Labute approximate surface area is 166 Å². The van der Waals surface area contributed by atoms with Crippen molar-refractivity contribution in [3.63, 3.8) is 0 Å². The van der Waals surface area contributed by atoms with Gasteiger partial charge in [0.2, 0.25) is 0 Å². The molecule has 0 aliphatic carbocycles. The van der Waals surface area contributed by atoms with Gasteiger partial charge in [0.05, 0.1) is 0 Å². The molecule has 0 spiro atoms. The minimum Gasteiger partial charge on any atom is -0.321 e. The summed E-state index contributed by atoms with van der Waals surface area (Å²) < 4.78 is 0. The minimum absolute atomic E-state index is 0. The summed E-state index contributed by atoms with van der Waals surface area (Å²) in [5.74, 6) is 0.639. The van der Waals surface area contributed by atoms with Gasteiger partial charge in [0.25, 0.3) is 5.91 Å². The lowest BCUT2D eigenvalue weighted by molar-refractivity contribution is 0.102. The van der Waals surface area contributed by atoms with Gasteiger partial charge < -0.3 is 10.6 Å². The first-order valence-electron chi connectivity index (χ1n) is 9.58. The van der Waals surface area contributed by atoms with Gasteiger partial charge in [-0.2, -0.15) is 5.10 Å². The summed E-state index contributed by atoms with van der Waals surface area (Å²) >= 11 is 0. The molecule has 4 rings (SSSR count). The van der Waals surface area contributed by atoms with Crippen molar-refractivity contribution in [1.29, 1.82) is 0 Å². The predicted molar refractivity (Wildman–Crippen MR) is 109 cm³/mol. The van der Waals surface area contributed by atoms with E-state index >= 15 is 0 Å². The largest absolute Gasteiger partial charge is 0.321 e. The number of nitrogens with one attached hydrogen (secondary N) is 3. The minimum atomic E-state index is -0.149. The number of fused-ring (bicyclic) bond motifs is 1. The van der Waals surface area contributed by atoms with Crippen LogP contribution in [-0.2, 0) is 19.5 Å². The van der Waals surface area contributed by atoms with Gasteiger partial charge in [0, 0.05) is 49.5 Å². The number of rotatable bonds is 4. The molecule has 2 aromatic rings. The third-order valence-corrected chi connectivity index (χ3v) is 5.38. The Morgan fingerprint density at radius 2 is 2.15 bits per heavy atom. The van der Waals surface area contributed by atoms with Crippen LogP contribution >= 0.6 is 12.4 Å². The molecule has 1 atom stereocenters. The fourth-order valence-electron chi connectivity index (χ4n) is 3.99. The predicted octanol–water partition coefficient (Wildman–Crippen LogP) is 2.96. The zero-order chi connectivity index (χ0) is 17.9. The van der Waals surface area contributed by atoms with Crippen LogP contribution in [-0.4, -0.2) is 40.6 Å². The number of carbonyl (C=O) groups is 1. The summed E-state index contributed by atoms with van der Waals surface area (Å²) in [6.07, 6.45) is 3.52. The highest BCUT2D eigenvalue weighted by molar-refractivity contribution is 6.04. The lowest BCUT2D eigenvalue weighted by Gasteiger charge is -2.30. The van der Waals surface area contributed by atoms with Gasteiger partial charge in [-0.05, 0) is 43.0 Å². The summed E-state index contributed by atoms with van der Waals surface area (Å²) in [6, 6.07) is 8.18. The fraction of sp³-hybridized carbons (Fsp3) is 0.500. The first kappa shape index (κ1) is 19.9. The van der Waals surface area contributed by atoms with E-state index in [1.54, 1.807) is 0 Å². The van der Waals surface area contributed by atoms with Crippen LogP contribution in [0.1, 0.15) is 47.1 Å². The second-order valence-corrected chi connectivity index (χ2v) is 7.59. The number of H-pyrrole nitrogens is 1. The molecule has 1 aromatic carbocycles. The number of amides is 1. The Kier molecular flexibility index (Phi) is 6.52. The van der Waals surface area contributed by atoms with Crippen molar-refractivity contribution in [2.75, 3.05) is 25.0 Å². The van der Waals surface area contributed by atoms with Crippen LogP contribution < -0.4 is 10.6 Å². The van der Waals surface area contributed by atoms with E-state index in [-0.39, 0.29) is 18.3 Å². The van der Waals surface area contributed by atoms with Crippen LogP contribution in [0.15, 0.2) is 24.3 Å². The summed E-state index contributed by atoms with van der Waals surface area (Å²) in [5.41, 5.74) is 4.66. The molecule has 27 heavy (non-hydrogen) atoms. The number of carbonyl (C=O) groups excluding carboxylic acids is 1. The molecule has 1 saturated heterocycles. The molecule has 0 saturated carbocycles. The van der Waals surface area contributed by atoms with E-state index in [9.17, 15) is 4.79 Å². The molecule has 2 aliphatic heterocycles. The number of piperidine rings is 1. The van der Waals surface area contributed by atoms with Crippen molar-refractivity contribution in [3.05, 3.63) is 46.8 Å².